The van der Waals surface area contributed by atoms with E-state index in [0.717, 1.165) is 17.2 Å². The number of rotatable bonds is 11. The van der Waals surface area contributed by atoms with E-state index < -0.39 is 16.0 Å². The molecule has 3 aromatic rings. The molecule has 0 spiro atoms. The van der Waals surface area contributed by atoms with Gasteiger partial charge >= 0.3 is 5.97 Å². The molecule has 0 bridgehead atoms. The predicted molar refractivity (Wildman–Crippen MR) is 125 cm³/mol. The number of benzene rings is 3. The van der Waals surface area contributed by atoms with Gasteiger partial charge in [0.05, 0.1) is 0 Å². The van der Waals surface area contributed by atoms with Gasteiger partial charge in [0.2, 0.25) is 10.0 Å². The van der Waals surface area contributed by atoms with E-state index in [1.165, 1.54) is 17.4 Å². The third-order valence-electron chi connectivity index (χ3n) is 4.98. The summed E-state index contributed by atoms with van der Waals surface area (Å²) >= 11 is 0. The van der Waals surface area contributed by atoms with E-state index in [2.05, 4.69) is 0 Å². The minimum absolute atomic E-state index is 0.0338. The fraction of sp³-hybridized carbons (Fsp3) is 0.240. The predicted octanol–water partition coefficient (Wildman–Crippen LogP) is 4.57. The third kappa shape index (κ3) is 6.12. The lowest BCUT2D eigenvalue weighted by molar-refractivity contribution is 0.0691. The Morgan fingerprint density at radius 1 is 0.879 bits per heavy atom. The first-order chi connectivity index (χ1) is 15.8. The van der Waals surface area contributed by atoms with Gasteiger partial charge in [0.15, 0.2) is 0 Å². The molecule has 0 fully saturated rings. The zero-order chi connectivity index (χ0) is 23.8. The second-order valence-corrected chi connectivity index (χ2v) is 9.49. The highest BCUT2D eigenvalue weighted by Gasteiger charge is 2.28. The molecule has 0 unspecified atom stereocenters. The molecular weight excluding hydrogens is 442 g/mol. The van der Waals surface area contributed by atoms with E-state index in [0.29, 0.717) is 6.42 Å². The van der Waals surface area contributed by atoms with E-state index in [1.807, 2.05) is 67.6 Å². The van der Waals surface area contributed by atoms with Crippen LogP contribution in [-0.2, 0) is 23.2 Å². The molecule has 0 atom stereocenters. The number of nitrogens with zero attached hydrogens (tertiary/aromatic N) is 1. The van der Waals surface area contributed by atoms with Crippen molar-refractivity contribution in [1.82, 2.24) is 4.31 Å². The van der Waals surface area contributed by atoms with Crippen LogP contribution in [0, 0.1) is 0 Å². The third-order valence-corrected chi connectivity index (χ3v) is 6.86. The van der Waals surface area contributed by atoms with Gasteiger partial charge in [-0.25, -0.2) is 17.5 Å². The zero-order valence-corrected chi connectivity index (χ0v) is 19.4. The first-order valence-electron chi connectivity index (χ1n) is 10.5. The van der Waals surface area contributed by atoms with Crippen molar-refractivity contribution < 1.29 is 27.8 Å². The van der Waals surface area contributed by atoms with Gasteiger partial charge in [0, 0.05) is 19.7 Å². The monoisotopic (exact) mass is 469 g/mol. The maximum absolute atomic E-state index is 13.2. The van der Waals surface area contributed by atoms with Gasteiger partial charge in [-0.05, 0) is 23.6 Å². The number of carbonyl (C=O) groups is 1. The van der Waals surface area contributed by atoms with E-state index in [-0.39, 0.29) is 41.7 Å². The van der Waals surface area contributed by atoms with Crippen LogP contribution in [0.25, 0.3) is 0 Å². The summed E-state index contributed by atoms with van der Waals surface area (Å²) in [5.41, 5.74) is 1.44. The average Bonchev–Trinajstić information content (AvgIpc) is 2.82. The average molecular weight is 470 g/mol. The first kappa shape index (κ1) is 24.3. The molecular formula is C25H27NO6S. The Morgan fingerprint density at radius 2 is 1.39 bits per heavy atom. The van der Waals surface area contributed by atoms with Crippen LogP contribution >= 0.6 is 0 Å². The molecule has 0 saturated heterocycles. The minimum Gasteiger partial charge on any atom is -0.488 e. The number of aromatic carboxylic acids is 1. The van der Waals surface area contributed by atoms with Crippen molar-refractivity contribution in [3.63, 3.8) is 0 Å². The highest BCUT2D eigenvalue weighted by atomic mass is 32.2. The Hall–Kier alpha value is -3.36. The van der Waals surface area contributed by atoms with Crippen LogP contribution in [-0.4, -0.2) is 37.4 Å². The Labute approximate surface area is 194 Å². The number of carboxylic acid groups (broad SMARTS) is 1. The van der Waals surface area contributed by atoms with Crippen LogP contribution in [0.5, 0.6) is 11.5 Å². The van der Waals surface area contributed by atoms with Gasteiger partial charge in [-0.2, -0.15) is 0 Å². The Balaban J connectivity index is 2.03. The van der Waals surface area contributed by atoms with Gasteiger partial charge in [0.25, 0.3) is 0 Å². The highest BCUT2D eigenvalue weighted by Crippen LogP contribution is 2.35. The molecule has 3 aromatic carbocycles. The summed E-state index contributed by atoms with van der Waals surface area (Å²) in [6.07, 6.45) is 0.611. The normalized spacial score (nSPS) is 11.4. The summed E-state index contributed by atoms with van der Waals surface area (Å²) in [4.78, 5) is 11.8. The van der Waals surface area contributed by atoms with Crippen molar-refractivity contribution >= 4 is 16.0 Å². The second-order valence-electron chi connectivity index (χ2n) is 7.48. The van der Waals surface area contributed by atoms with Crippen molar-refractivity contribution in [3.8, 4) is 11.5 Å². The molecule has 0 heterocycles. The van der Waals surface area contributed by atoms with Gasteiger partial charge in [-0.1, -0.05) is 67.6 Å². The van der Waals surface area contributed by atoms with E-state index in [1.54, 1.807) is 0 Å². The van der Waals surface area contributed by atoms with Crippen molar-refractivity contribution in [2.24, 2.45) is 0 Å². The standard InChI is InChI=1S/C25H27NO6S/c1-3-14-26(2)33(29,30)24-15-21(25(27)28)22(31-17-19-10-6-4-7-11-19)16-23(24)32-18-20-12-8-5-9-13-20/h4-13,15-16H,3,14,17-18H2,1-2H3,(H,27,28). The van der Waals surface area contributed by atoms with Gasteiger partial charge in [0.1, 0.15) is 35.2 Å². The van der Waals surface area contributed by atoms with Crippen LogP contribution in [0.4, 0.5) is 0 Å². The number of sulfonamides is 1. The number of ether oxygens (including phenoxy) is 2. The van der Waals surface area contributed by atoms with Gasteiger partial charge in [-0.3, -0.25) is 0 Å². The fourth-order valence-electron chi connectivity index (χ4n) is 3.22. The maximum Gasteiger partial charge on any atom is 0.339 e. The Bertz CT molecular complexity index is 1180. The summed E-state index contributed by atoms with van der Waals surface area (Å²) in [5.74, 6) is -1.22. The van der Waals surface area contributed by atoms with Crippen LogP contribution in [0.2, 0.25) is 0 Å². The molecule has 174 valence electrons. The molecule has 0 aromatic heterocycles. The largest absolute Gasteiger partial charge is 0.488 e. The van der Waals surface area contributed by atoms with Crippen LogP contribution in [0.15, 0.2) is 77.7 Å². The SMILES string of the molecule is CCCN(C)S(=O)(=O)c1cc(C(=O)O)c(OCc2ccccc2)cc1OCc1ccccc1. The molecule has 0 aliphatic carbocycles. The summed E-state index contributed by atoms with van der Waals surface area (Å²) in [6, 6.07) is 21.0. The summed E-state index contributed by atoms with van der Waals surface area (Å²) in [7, 11) is -2.53. The summed E-state index contributed by atoms with van der Waals surface area (Å²) in [6.45, 7) is 2.39. The summed E-state index contributed by atoms with van der Waals surface area (Å²) < 4.78 is 39.3. The second kappa shape index (κ2) is 11.0. The number of hydrogen-bond acceptors (Lipinski definition) is 5. The molecule has 0 radical (unpaired) electrons. The fourth-order valence-corrected chi connectivity index (χ4v) is 4.61. The smallest absolute Gasteiger partial charge is 0.339 e. The highest BCUT2D eigenvalue weighted by molar-refractivity contribution is 7.89. The van der Waals surface area contributed by atoms with Crippen molar-refractivity contribution in [3.05, 3.63) is 89.5 Å². The van der Waals surface area contributed by atoms with Crippen molar-refractivity contribution in [1.29, 1.82) is 0 Å². The van der Waals surface area contributed by atoms with Crippen molar-refractivity contribution in [2.45, 2.75) is 31.5 Å². The molecule has 8 heteroatoms. The maximum atomic E-state index is 13.2. The van der Waals surface area contributed by atoms with Crippen LogP contribution in [0.1, 0.15) is 34.8 Å². The van der Waals surface area contributed by atoms with E-state index >= 15 is 0 Å². The number of hydrogen-bond donors (Lipinski definition) is 1. The molecule has 0 aliphatic rings. The topological polar surface area (TPSA) is 93.1 Å². The first-order valence-corrected chi connectivity index (χ1v) is 12.0. The van der Waals surface area contributed by atoms with E-state index in [4.69, 9.17) is 9.47 Å². The van der Waals surface area contributed by atoms with Gasteiger partial charge < -0.3 is 14.6 Å². The summed E-state index contributed by atoms with van der Waals surface area (Å²) in [5, 5.41) is 9.76. The lowest BCUT2D eigenvalue weighted by Gasteiger charge is -2.21. The zero-order valence-electron chi connectivity index (χ0n) is 18.6. The molecule has 3 rings (SSSR count). The lowest BCUT2D eigenvalue weighted by atomic mass is 10.2. The Morgan fingerprint density at radius 3 is 1.88 bits per heavy atom. The van der Waals surface area contributed by atoms with E-state index in [9.17, 15) is 18.3 Å². The molecule has 7 nitrogen and oxygen atoms in total. The van der Waals surface area contributed by atoms with Crippen LogP contribution < -0.4 is 9.47 Å². The molecule has 0 aliphatic heterocycles. The van der Waals surface area contributed by atoms with Crippen LogP contribution in [0.3, 0.4) is 0 Å². The minimum atomic E-state index is -3.99. The molecule has 0 amide bonds. The molecule has 33 heavy (non-hydrogen) atoms. The van der Waals surface area contributed by atoms with Gasteiger partial charge in [-0.15, -0.1) is 0 Å². The lowest BCUT2D eigenvalue weighted by Crippen LogP contribution is -2.28. The number of carboxylic acids is 1. The van der Waals surface area contributed by atoms with Crippen molar-refractivity contribution in [2.75, 3.05) is 13.6 Å². The molecule has 0 saturated carbocycles. The molecule has 1 N–H and O–H groups in total. The quantitative estimate of drug-likeness (QED) is 0.442. The Kier molecular flexibility index (Phi) is 8.08.